The van der Waals surface area contributed by atoms with Crippen LogP contribution in [-0.2, 0) is 19.0 Å². The summed E-state index contributed by atoms with van der Waals surface area (Å²) in [7, 11) is -1.80. The first-order valence-electron chi connectivity index (χ1n) is 7.72. The zero-order valence-corrected chi connectivity index (χ0v) is 13.5. The van der Waals surface area contributed by atoms with E-state index in [0.717, 1.165) is 25.7 Å². The molecular weight excluding hydrogens is 276 g/mol. The van der Waals surface area contributed by atoms with Gasteiger partial charge in [0.2, 0.25) is 0 Å². The normalized spacial score (nSPS) is 39.6. The molecule has 0 aromatic rings. The van der Waals surface area contributed by atoms with E-state index in [-0.39, 0.29) is 12.2 Å². The Hall–Kier alpha value is -0.130. The molecule has 2 unspecified atom stereocenters. The molecule has 5 heteroatoms. The summed E-state index contributed by atoms with van der Waals surface area (Å²) in [6.07, 6.45) is 5.71. The molecule has 4 aliphatic carbocycles. The number of hydrogen-bond acceptors (Lipinski definition) is 4. The van der Waals surface area contributed by atoms with E-state index >= 15 is 0 Å². The smallest absolute Gasteiger partial charge is 0.273 e. The van der Waals surface area contributed by atoms with Gasteiger partial charge in [0, 0.05) is 13.5 Å². The van der Waals surface area contributed by atoms with E-state index < -0.39 is 14.9 Å². The summed E-state index contributed by atoms with van der Waals surface area (Å²) in [5.41, 5.74) is -0.333. The van der Waals surface area contributed by atoms with E-state index in [4.69, 9.17) is 8.92 Å². The Morgan fingerprint density at radius 3 is 2.30 bits per heavy atom. The first kappa shape index (κ1) is 14.8. The number of hydrogen-bond donors (Lipinski definition) is 0. The summed E-state index contributed by atoms with van der Waals surface area (Å²) >= 11 is 0. The van der Waals surface area contributed by atoms with Gasteiger partial charge in [-0.25, -0.2) is 0 Å². The maximum atomic E-state index is 12.7. The van der Waals surface area contributed by atoms with E-state index in [1.807, 2.05) is 13.8 Å². The lowest BCUT2D eigenvalue weighted by atomic mass is 9.82. The van der Waals surface area contributed by atoms with Gasteiger partial charge in [0.15, 0.2) is 0 Å². The van der Waals surface area contributed by atoms with Gasteiger partial charge < -0.3 is 4.74 Å². The average molecular weight is 302 g/mol. The van der Waals surface area contributed by atoms with Gasteiger partial charge in [0.1, 0.15) is 4.75 Å². The summed E-state index contributed by atoms with van der Waals surface area (Å²) in [5.74, 6) is 1.61. The summed E-state index contributed by atoms with van der Waals surface area (Å²) < 4.78 is 35.6. The van der Waals surface area contributed by atoms with Crippen molar-refractivity contribution < 1.29 is 17.3 Å². The molecule has 0 N–H and O–H groups in total. The van der Waals surface area contributed by atoms with E-state index in [2.05, 4.69) is 0 Å². The van der Waals surface area contributed by atoms with Crippen molar-refractivity contribution in [3.63, 3.8) is 0 Å². The van der Waals surface area contributed by atoms with Crippen molar-refractivity contribution >= 4 is 10.1 Å². The van der Waals surface area contributed by atoms with Gasteiger partial charge in [-0.3, -0.25) is 4.18 Å². The molecule has 4 bridgehead atoms. The predicted molar refractivity (Wildman–Crippen MR) is 76.9 cm³/mol. The average Bonchev–Trinajstić information content (AvgIpc) is 2.76. The van der Waals surface area contributed by atoms with Crippen LogP contribution in [0.2, 0.25) is 0 Å². The summed E-state index contributed by atoms with van der Waals surface area (Å²) in [6, 6.07) is 0. The minimum atomic E-state index is -3.45. The van der Waals surface area contributed by atoms with Gasteiger partial charge in [-0.1, -0.05) is 0 Å². The molecular formula is C15H26O4S. The fourth-order valence-corrected chi connectivity index (χ4v) is 6.76. The zero-order valence-electron chi connectivity index (χ0n) is 12.7. The van der Waals surface area contributed by atoms with Crippen molar-refractivity contribution in [1.29, 1.82) is 0 Å². The van der Waals surface area contributed by atoms with Crippen LogP contribution in [0.1, 0.15) is 52.4 Å². The monoisotopic (exact) mass is 302 g/mol. The minimum Gasteiger partial charge on any atom is -0.379 e. The van der Waals surface area contributed by atoms with Gasteiger partial charge in [0.25, 0.3) is 10.1 Å². The standard InChI is InChI=1S/C15H26O4S/c1-14(2,18-3)4-5-19-20(16,17)15-9-11-6-12(10-15)8-13(15)7-11/h11-13H,4-10H2,1-3H3. The first-order chi connectivity index (χ1) is 9.28. The van der Waals surface area contributed by atoms with Crippen molar-refractivity contribution in [2.24, 2.45) is 17.8 Å². The Morgan fingerprint density at radius 1 is 1.15 bits per heavy atom. The van der Waals surface area contributed by atoms with Crippen molar-refractivity contribution in [2.75, 3.05) is 13.7 Å². The summed E-state index contributed by atoms with van der Waals surface area (Å²) in [4.78, 5) is 0. The third-order valence-corrected chi connectivity index (χ3v) is 8.05. The van der Waals surface area contributed by atoms with Crippen molar-refractivity contribution in [2.45, 2.75) is 62.7 Å². The lowest BCUT2D eigenvalue weighted by Gasteiger charge is -2.32. The molecule has 4 saturated carbocycles. The molecule has 2 atom stereocenters. The predicted octanol–water partition coefficient (Wildman–Crippen LogP) is 2.73. The zero-order chi connectivity index (χ0) is 14.6. The highest BCUT2D eigenvalue weighted by Gasteiger charge is 2.64. The molecule has 4 aliphatic rings. The van der Waals surface area contributed by atoms with Crippen LogP contribution >= 0.6 is 0 Å². The van der Waals surface area contributed by atoms with Crippen LogP contribution in [0.4, 0.5) is 0 Å². The van der Waals surface area contributed by atoms with Gasteiger partial charge in [0.05, 0.1) is 12.2 Å². The Morgan fingerprint density at radius 2 is 1.75 bits per heavy atom. The topological polar surface area (TPSA) is 52.6 Å². The van der Waals surface area contributed by atoms with Crippen LogP contribution in [0, 0.1) is 17.8 Å². The summed E-state index contributed by atoms with van der Waals surface area (Å²) in [6.45, 7) is 4.13. The molecule has 116 valence electrons. The van der Waals surface area contributed by atoms with Crippen LogP contribution in [0.3, 0.4) is 0 Å². The van der Waals surface area contributed by atoms with E-state index in [1.165, 1.54) is 6.42 Å². The van der Waals surface area contributed by atoms with Crippen LogP contribution in [-0.4, -0.2) is 32.5 Å². The molecule has 0 aromatic carbocycles. The Balaban J connectivity index is 1.67. The van der Waals surface area contributed by atoms with E-state index in [1.54, 1.807) is 7.11 Å². The highest BCUT2D eigenvalue weighted by atomic mass is 32.2. The van der Waals surface area contributed by atoms with Gasteiger partial charge in [-0.15, -0.1) is 0 Å². The lowest BCUT2D eigenvalue weighted by molar-refractivity contribution is 0.00570. The van der Waals surface area contributed by atoms with Crippen LogP contribution in [0.25, 0.3) is 0 Å². The molecule has 20 heavy (non-hydrogen) atoms. The third kappa shape index (κ3) is 2.22. The van der Waals surface area contributed by atoms with E-state index in [9.17, 15) is 8.42 Å². The second-order valence-corrected chi connectivity index (χ2v) is 9.56. The van der Waals surface area contributed by atoms with Gasteiger partial charge in [-0.2, -0.15) is 8.42 Å². The summed E-state index contributed by atoms with van der Waals surface area (Å²) in [5, 5.41) is 0. The highest BCUT2D eigenvalue weighted by Crippen LogP contribution is 2.63. The molecule has 0 heterocycles. The molecule has 4 nitrogen and oxygen atoms in total. The fraction of sp³-hybridized carbons (Fsp3) is 1.00. The molecule has 4 rings (SSSR count). The molecule has 0 spiro atoms. The van der Waals surface area contributed by atoms with Crippen LogP contribution in [0.5, 0.6) is 0 Å². The lowest BCUT2D eigenvalue weighted by Crippen LogP contribution is -2.41. The quantitative estimate of drug-likeness (QED) is 0.708. The Bertz CT molecular complexity index is 468. The van der Waals surface area contributed by atoms with Gasteiger partial charge >= 0.3 is 0 Å². The molecule has 0 amide bonds. The van der Waals surface area contributed by atoms with Crippen molar-refractivity contribution in [1.82, 2.24) is 0 Å². The van der Waals surface area contributed by atoms with Gasteiger partial charge in [-0.05, 0) is 63.7 Å². The largest absolute Gasteiger partial charge is 0.379 e. The maximum Gasteiger partial charge on any atom is 0.273 e. The molecule has 0 aromatic heterocycles. The number of methoxy groups -OCH3 is 1. The Labute approximate surface area is 122 Å². The minimum absolute atomic E-state index is 0.229. The molecule has 0 aliphatic heterocycles. The van der Waals surface area contributed by atoms with Crippen molar-refractivity contribution in [3.05, 3.63) is 0 Å². The third-order valence-electron chi connectivity index (χ3n) is 5.91. The highest BCUT2D eigenvalue weighted by molar-refractivity contribution is 7.88. The maximum absolute atomic E-state index is 12.7. The second-order valence-electron chi connectivity index (χ2n) is 7.60. The van der Waals surface area contributed by atoms with E-state index in [0.29, 0.717) is 24.2 Å². The SMILES string of the molecule is COC(C)(C)CCOS(=O)(=O)C12CC3CC(CC1C3)C2. The van der Waals surface area contributed by atoms with Crippen molar-refractivity contribution in [3.8, 4) is 0 Å². The van der Waals surface area contributed by atoms with Crippen LogP contribution in [0.15, 0.2) is 0 Å². The molecule has 0 radical (unpaired) electrons. The molecule has 4 fully saturated rings. The number of rotatable bonds is 6. The van der Waals surface area contributed by atoms with Crippen LogP contribution < -0.4 is 0 Å². The fourth-order valence-electron chi connectivity index (χ4n) is 4.75. The second kappa shape index (κ2) is 4.68. The first-order valence-corrected chi connectivity index (χ1v) is 9.13. The Kier molecular flexibility index (Phi) is 3.46. The molecule has 0 saturated heterocycles. The number of ether oxygens (including phenoxy) is 1.